The van der Waals surface area contributed by atoms with Gasteiger partial charge in [0.2, 0.25) is 0 Å². The van der Waals surface area contributed by atoms with Crippen molar-refractivity contribution in [2.75, 3.05) is 0 Å². The van der Waals surface area contributed by atoms with E-state index in [2.05, 4.69) is 397 Å². The minimum absolute atomic E-state index is 0.522. The number of hydrogen-bond donors (Lipinski definition) is 0. The molecule has 0 aliphatic rings. The molecule has 0 radical (unpaired) electrons. The van der Waals surface area contributed by atoms with Gasteiger partial charge in [0, 0.05) is 60.5 Å². The second kappa shape index (κ2) is 35.2. The van der Waals surface area contributed by atoms with E-state index in [-0.39, 0.29) is 0 Å². The third-order valence-corrected chi connectivity index (χ3v) is 29.8. The molecule has 0 saturated carbocycles. The third-order valence-electron chi connectivity index (χ3n) is 26.1. The molecular weight excluding hydrogens is 1540 g/mol. The van der Waals surface area contributed by atoms with Crippen molar-refractivity contribution in [3.05, 3.63) is 361 Å². The van der Waals surface area contributed by atoms with Crippen LogP contribution in [0.15, 0.2) is 328 Å². The molecule has 18 aromatic carbocycles. The number of fused-ring (bicyclic) bond motifs is 18. The summed E-state index contributed by atoms with van der Waals surface area (Å²) in [6, 6.07) is 124. The van der Waals surface area contributed by atoms with Crippen LogP contribution in [0.5, 0.6) is 0 Å². The van der Waals surface area contributed by atoms with Crippen LogP contribution in [-0.4, -0.2) is 0 Å². The van der Waals surface area contributed by atoms with E-state index in [1.54, 1.807) is 0 Å². The van der Waals surface area contributed by atoms with Gasteiger partial charge in [0.15, 0.2) is 0 Å². The molecule has 123 heavy (non-hydrogen) atoms. The molecule has 3 aromatic heterocycles. The van der Waals surface area contributed by atoms with Crippen LogP contribution in [0.3, 0.4) is 0 Å². The highest BCUT2D eigenvalue weighted by atomic mass is 32.1. The van der Waals surface area contributed by atoms with Crippen molar-refractivity contribution in [1.29, 1.82) is 0 Å². The molecule has 2 unspecified atom stereocenters. The standard InChI is InChI=1S/3C40H36S/c1-25(2)19-27-13-18-39-37(21-27)38-23-28(20-26(3)4)22-36(40(38)41-39)30-16-14-29(15-17-30)35-24-31-9-5-6-10-32(31)33-11-7-8-12-34(33)35;1-5-25(3)29-19-20-39-37(21-29)38-24-31(26(4)6-2)23-36(40(38)41-39)28-17-15-27(16-18-28)35-22-30-11-7-8-12-32(30)33-13-9-10-14-34(33)35;1-3-5-11-27-17-22-39-37(23-27)38-25-28(12-6-4-2)24-36(40(38)41-39)30-20-18-29(19-21-30)35-26-31-13-7-8-14-32(31)33-15-9-10-16-34(33)35/h5-18,21-26H,19-20H2,1-4H3;7-26H,5-6H2,1-4H3;7-10,13-26H,3-6,11-12H2,1-2H3. The molecule has 0 nitrogen and oxygen atoms in total. The second-order valence-corrected chi connectivity index (χ2v) is 38.7. The Kier molecular flexibility index (Phi) is 23.1. The zero-order valence-corrected chi connectivity index (χ0v) is 75.2. The smallest absolute Gasteiger partial charge is 0.0434 e. The fourth-order valence-electron chi connectivity index (χ4n) is 19.2. The predicted molar refractivity (Wildman–Crippen MR) is 547 cm³/mol. The lowest BCUT2D eigenvalue weighted by Gasteiger charge is -2.14. The van der Waals surface area contributed by atoms with Crippen LogP contribution >= 0.6 is 34.0 Å². The summed E-state index contributed by atoms with van der Waals surface area (Å²) >= 11 is 5.84. The Labute approximate surface area is 738 Å². The summed E-state index contributed by atoms with van der Waals surface area (Å²) in [5.41, 5.74) is 24.4. The van der Waals surface area contributed by atoms with Crippen LogP contribution in [0, 0.1) is 11.8 Å². The van der Waals surface area contributed by atoms with Gasteiger partial charge >= 0.3 is 0 Å². The molecule has 3 heterocycles. The SMILES string of the molecule is CC(C)Cc1ccc2sc3c(-c4ccc(-c5cc6ccccc6c6ccccc56)cc4)cc(CC(C)C)cc3c2c1.CCC(C)c1ccc2sc3c(-c4ccc(-c5cc6ccccc6c6ccccc56)cc4)cc(C(C)CC)cc3c2c1.CCCCc1ccc2sc3c(-c4ccc(-c5cc6ccccc6c6ccccc56)cc4)cc(CCCC)cc3c2c1. The second-order valence-electron chi connectivity index (χ2n) is 35.5. The van der Waals surface area contributed by atoms with Crippen molar-refractivity contribution in [3.8, 4) is 66.8 Å². The lowest BCUT2D eigenvalue weighted by Crippen LogP contribution is -1.95. The third kappa shape index (κ3) is 16.1. The number of benzene rings is 18. The van der Waals surface area contributed by atoms with Crippen LogP contribution in [-0.2, 0) is 25.7 Å². The predicted octanol–water partition coefficient (Wildman–Crippen LogP) is 37.2. The molecular formula is C120H108S3. The first kappa shape index (κ1) is 80.9. The summed E-state index contributed by atoms with van der Waals surface area (Å²) in [6.07, 6.45) is 11.7. The molecule has 0 N–H and O–H groups in total. The maximum atomic E-state index is 2.48. The van der Waals surface area contributed by atoms with Crippen LogP contribution in [0.1, 0.15) is 153 Å². The number of unbranched alkanes of at least 4 members (excludes halogenated alkanes) is 2. The topological polar surface area (TPSA) is 0 Å². The van der Waals surface area contributed by atoms with E-state index in [0.29, 0.717) is 23.7 Å². The highest BCUT2D eigenvalue weighted by Crippen LogP contribution is 2.49. The highest BCUT2D eigenvalue weighted by Gasteiger charge is 2.22. The number of rotatable bonds is 20. The molecule has 0 spiro atoms. The van der Waals surface area contributed by atoms with Gasteiger partial charge in [-0.1, -0.05) is 319 Å². The van der Waals surface area contributed by atoms with Crippen molar-refractivity contribution in [1.82, 2.24) is 0 Å². The first-order valence-electron chi connectivity index (χ1n) is 45.2. The van der Waals surface area contributed by atoms with Gasteiger partial charge in [0.05, 0.1) is 0 Å². The number of aryl methyl sites for hydroxylation is 2. The van der Waals surface area contributed by atoms with Crippen molar-refractivity contribution in [2.24, 2.45) is 11.8 Å². The summed E-state index contributed by atoms with van der Waals surface area (Å²) in [6.45, 7) is 23.1. The summed E-state index contributed by atoms with van der Waals surface area (Å²) in [7, 11) is 0. The van der Waals surface area contributed by atoms with Gasteiger partial charge < -0.3 is 0 Å². The van der Waals surface area contributed by atoms with Crippen molar-refractivity contribution < 1.29 is 0 Å². The number of thiophene rings is 3. The van der Waals surface area contributed by atoms with Gasteiger partial charge in [-0.3, -0.25) is 0 Å². The Bertz CT molecular complexity index is 7500. The van der Waals surface area contributed by atoms with E-state index in [1.807, 2.05) is 34.0 Å². The van der Waals surface area contributed by atoms with Gasteiger partial charge in [-0.15, -0.1) is 34.0 Å². The molecule has 2 atom stereocenters. The first-order chi connectivity index (χ1) is 60.2. The summed E-state index contributed by atoms with van der Waals surface area (Å²) in [5.74, 6) is 2.37. The molecule has 0 fully saturated rings. The Hall–Kier alpha value is -11.8. The van der Waals surface area contributed by atoms with Crippen LogP contribution < -0.4 is 0 Å². The molecule has 3 heteroatoms. The largest absolute Gasteiger partial charge is 0.135 e. The zero-order valence-electron chi connectivity index (χ0n) is 72.8. The van der Waals surface area contributed by atoms with Crippen LogP contribution in [0.4, 0.5) is 0 Å². The van der Waals surface area contributed by atoms with Gasteiger partial charge in [0.25, 0.3) is 0 Å². The quantitative estimate of drug-likeness (QED) is 0.0667. The van der Waals surface area contributed by atoms with Crippen LogP contribution in [0.25, 0.3) is 192 Å². The average molecular weight is 1650 g/mol. The van der Waals surface area contributed by atoms with E-state index in [9.17, 15) is 0 Å². The van der Waals surface area contributed by atoms with Crippen molar-refractivity contribution >= 4 is 159 Å². The Morgan fingerprint density at radius 3 is 0.935 bits per heavy atom. The molecule has 21 aromatic rings. The van der Waals surface area contributed by atoms with E-state index in [0.717, 1.165) is 38.5 Å². The maximum absolute atomic E-state index is 2.48. The van der Waals surface area contributed by atoms with E-state index in [1.165, 1.54) is 251 Å². The minimum atomic E-state index is 0.522. The van der Waals surface area contributed by atoms with Gasteiger partial charge in [-0.2, -0.15) is 0 Å². The van der Waals surface area contributed by atoms with Crippen molar-refractivity contribution in [3.63, 3.8) is 0 Å². The Morgan fingerprint density at radius 2 is 0.520 bits per heavy atom. The highest BCUT2D eigenvalue weighted by molar-refractivity contribution is 7.27. The van der Waals surface area contributed by atoms with Gasteiger partial charge in [0.1, 0.15) is 0 Å². The monoisotopic (exact) mass is 1640 g/mol. The molecule has 0 aliphatic heterocycles. The van der Waals surface area contributed by atoms with E-state index in [4.69, 9.17) is 0 Å². The van der Waals surface area contributed by atoms with E-state index >= 15 is 0 Å². The molecule has 21 rings (SSSR count). The number of hydrogen-bond acceptors (Lipinski definition) is 3. The normalized spacial score (nSPS) is 12.4. The van der Waals surface area contributed by atoms with Gasteiger partial charge in [-0.05, 0) is 331 Å². The van der Waals surface area contributed by atoms with Crippen LogP contribution in [0.2, 0.25) is 0 Å². The summed E-state index contributed by atoms with van der Waals surface area (Å²) in [5, 5.41) is 24.2. The van der Waals surface area contributed by atoms with E-state index < -0.39 is 0 Å². The Morgan fingerprint density at radius 1 is 0.220 bits per heavy atom. The maximum Gasteiger partial charge on any atom is 0.0434 e. The molecule has 0 bridgehead atoms. The lowest BCUT2D eigenvalue weighted by atomic mass is 9.90. The fourth-order valence-corrected chi connectivity index (χ4v) is 22.8. The van der Waals surface area contributed by atoms with Crippen molar-refractivity contribution in [2.45, 2.75) is 145 Å². The summed E-state index contributed by atoms with van der Waals surface area (Å²) in [4.78, 5) is 0. The minimum Gasteiger partial charge on any atom is -0.135 e. The molecule has 0 amide bonds. The average Bonchev–Trinajstić information content (AvgIpc) is 1.49. The Balaban J connectivity index is 0.000000121. The fraction of sp³-hybridized carbons (Fsp3) is 0.200. The summed E-state index contributed by atoms with van der Waals surface area (Å²) < 4.78 is 8.38. The first-order valence-corrected chi connectivity index (χ1v) is 47.7. The molecule has 606 valence electrons. The van der Waals surface area contributed by atoms with Gasteiger partial charge in [-0.25, -0.2) is 0 Å². The molecule has 0 aliphatic carbocycles. The lowest BCUT2D eigenvalue weighted by molar-refractivity contribution is 0.647. The zero-order chi connectivity index (χ0) is 83.9. The molecule has 0 saturated heterocycles.